The summed E-state index contributed by atoms with van der Waals surface area (Å²) in [7, 11) is 0. The normalized spacial score (nSPS) is 18.5. The van der Waals surface area contributed by atoms with Crippen LogP contribution in [0.1, 0.15) is 37.9 Å². The first-order valence-electron chi connectivity index (χ1n) is 7.53. The zero-order valence-corrected chi connectivity index (χ0v) is 11.9. The second-order valence-corrected chi connectivity index (χ2v) is 6.10. The number of nitrogens with zero attached hydrogens (tertiary/aromatic N) is 5. The Balaban J connectivity index is 1.76. The van der Waals surface area contributed by atoms with Crippen LogP contribution in [0.15, 0.2) is 12.7 Å². The maximum atomic E-state index is 6.08. The molecule has 0 aliphatic heterocycles. The number of imidazole rings is 1. The summed E-state index contributed by atoms with van der Waals surface area (Å²) in [5.74, 6) is 0.946. The lowest BCUT2D eigenvalue weighted by Gasteiger charge is -2.35. The smallest absolute Gasteiger partial charge is 0.189 e. The molecule has 7 heteroatoms. The third-order valence-corrected chi connectivity index (χ3v) is 4.79. The molecule has 110 valence electrons. The number of nitrogens with one attached hydrogen (secondary N) is 1. The quantitative estimate of drug-likeness (QED) is 0.759. The van der Waals surface area contributed by atoms with Crippen LogP contribution in [0.2, 0.25) is 0 Å². The van der Waals surface area contributed by atoms with Crippen molar-refractivity contribution in [3.8, 4) is 0 Å². The standard InChI is InChI=1S/C14H19N7/c15-7-14(4-2-1-3-5-14)6-10-19-20-13-11-12(17-8-16-11)18-9-21(10)13/h8-9H,1-7,15H2,(H,16,17). The van der Waals surface area contributed by atoms with Crippen LogP contribution in [0.4, 0.5) is 0 Å². The van der Waals surface area contributed by atoms with Gasteiger partial charge in [-0.1, -0.05) is 19.3 Å². The monoisotopic (exact) mass is 285 g/mol. The molecule has 3 heterocycles. The van der Waals surface area contributed by atoms with E-state index in [9.17, 15) is 0 Å². The van der Waals surface area contributed by atoms with E-state index in [4.69, 9.17) is 5.73 Å². The van der Waals surface area contributed by atoms with Gasteiger partial charge in [0.1, 0.15) is 17.7 Å². The van der Waals surface area contributed by atoms with E-state index < -0.39 is 0 Å². The molecule has 3 N–H and O–H groups in total. The van der Waals surface area contributed by atoms with E-state index in [0.717, 1.165) is 23.4 Å². The fourth-order valence-corrected chi connectivity index (χ4v) is 3.49. The first-order chi connectivity index (χ1) is 10.3. The Bertz CT molecular complexity index is 766. The van der Waals surface area contributed by atoms with Gasteiger partial charge < -0.3 is 10.7 Å². The number of rotatable bonds is 3. The number of aromatic nitrogens is 6. The molecule has 0 atom stereocenters. The van der Waals surface area contributed by atoms with Crippen LogP contribution in [0.25, 0.3) is 16.8 Å². The Kier molecular flexibility index (Phi) is 2.88. The second-order valence-electron chi connectivity index (χ2n) is 6.10. The minimum atomic E-state index is 0.171. The first-order valence-corrected chi connectivity index (χ1v) is 7.53. The zero-order chi connectivity index (χ0) is 14.3. The summed E-state index contributed by atoms with van der Waals surface area (Å²) in [6, 6.07) is 0. The highest BCUT2D eigenvalue weighted by Crippen LogP contribution is 2.38. The van der Waals surface area contributed by atoms with Crippen molar-refractivity contribution < 1.29 is 0 Å². The summed E-state index contributed by atoms with van der Waals surface area (Å²) in [6.45, 7) is 0.710. The van der Waals surface area contributed by atoms with E-state index in [-0.39, 0.29) is 5.41 Å². The molecular formula is C14H19N7. The Hall–Kier alpha value is -2.02. The molecule has 4 rings (SSSR count). The average Bonchev–Trinajstić information content (AvgIpc) is 3.14. The van der Waals surface area contributed by atoms with Crippen LogP contribution in [0, 0.1) is 5.41 Å². The summed E-state index contributed by atoms with van der Waals surface area (Å²) in [5, 5.41) is 8.69. The van der Waals surface area contributed by atoms with Gasteiger partial charge in [-0.15, -0.1) is 10.2 Å². The minimum Gasteiger partial charge on any atom is -0.340 e. The highest BCUT2D eigenvalue weighted by Gasteiger charge is 2.32. The first kappa shape index (κ1) is 12.7. The van der Waals surface area contributed by atoms with Gasteiger partial charge in [0.15, 0.2) is 11.3 Å². The molecular weight excluding hydrogens is 266 g/mol. The predicted octanol–water partition coefficient (Wildman–Crippen LogP) is 1.45. The minimum absolute atomic E-state index is 0.171. The van der Waals surface area contributed by atoms with Crippen molar-refractivity contribution in [3.63, 3.8) is 0 Å². The summed E-state index contributed by atoms with van der Waals surface area (Å²) in [5.41, 5.74) is 8.55. The average molecular weight is 285 g/mol. The van der Waals surface area contributed by atoms with E-state index in [1.165, 1.54) is 32.1 Å². The van der Waals surface area contributed by atoms with E-state index in [2.05, 4.69) is 25.1 Å². The molecule has 0 spiro atoms. The third kappa shape index (κ3) is 1.99. The van der Waals surface area contributed by atoms with Crippen LogP contribution in [-0.2, 0) is 6.42 Å². The molecule has 1 aliphatic carbocycles. The molecule has 0 saturated heterocycles. The fraction of sp³-hybridized carbons (Fsp3) is 0.571. The molecule has 3 aromatic rings. The van der Waals surface area contributed by atoms with Gasteiger partial charge in [-0.2, -0.15) is 0 Å². The highest BCUT2D eigenvalue weighted by atomic mass is 15.3. The van der Waals surface area contributed by atoms with E-state index in [0.29, 0.717) is 12.2 Å². The van der Waals surface area contributed by atoms with Crippen LogP contribution in [0.3, 0.4) is 0 Å². The van der Waals surface area contributed by atoms with Crippen molar-refractivity contribution in [2.75, 3.05) is 6.54 Å². The molecule has 0 aromatic carbocycles. The summed E-state index contributed by atoms with van der Waals surface area (Å²) in [4.78, 5) is 11.6. The van der Waals surface area contributed by atoms with Crippen molar-refractivity contribution in [2.24, 2.45) is 11.1 Å². The molecule has 0 radical (unpaired) electrons. The van der Waals surface area contributed by atoms with Crippen LogP contribution in [0.5, 0.6) is 0 Å². The Morgan fingerprint density at radius 3 is 2.86 bits per heavy atom. The van der Waals surface area contributed by atoms with Crippen LogP contribution < -0.4 is 5.73 Å². The molecule has 1 saturated carbocycles. The van der Waals surface area contributed by atoms with Gasteiger partial charge in [-0.05, 0) is 24.8 Å². The van der Waals surface area contributed by atoms with E-state index in [1.54, 1.807) is 12.7 Å². The number of fused-ring (bicyclic) bond motifs is 3. The van der Waals surface area contributed by atoms with Crippen molar-refractivity contribution >= 4 is 16.8 Å². The molecule has 0 bridgehead atoms. The summed E-state index contributed by atoms with van der Waals surface area (Å²) >= 11 is 0. The van der Waals surface area contributed by atoms with Gasteiger partial charge >= 0.3 is 0 Å². The largest absolute Gasteiger partial charge is 0.340 e. The lowest BCUT2D eigenvalue weighted by atomic mass is 9.72. The maximum absolute atomic E-state index is 6.08. The molecule has 0 unspecified atom stereocenters. The molecule has 1 fully saturated rings. The number of hydrogen-bond acceptors (Lipinski definition) is 5. The number of nitrogens with two attached hydrogens (primary N) is 1. The number of H-pyrrole nitrogens is 1. The van der Waals surface area contributed by atoms with Crippen molar-refractivity contribution in [3.05, 3.63) is 18.5 Å². The Morgan fingerprint density at radius 2 is 2.05 bits per heavy atom. The molecule has 0 amide bonds. The second kappa shape index (κ2) is 4.77. The van der Waals surface area contributed by atoms with Crippen molar-refractivity contribution in [1.82, 2.24) is 29.5 Å². The van der Waals surface area contributed by atoms with Gasteiger partial charge in [0.25, 0.3) is 0 Å². The van der Waals surface area contributed by atoms with E-state index in [1.807, 2.05) is 4.40 Å². The van der Waals surface area contributed by atoms with Crippen molar-refractivity contribution in [2.45, 2.75) is 38.5 Å². The SMILES string of the molecule is NCC1(Cc2nnc3c4[nH]cnc4ncn23)CCCCC1. The van der Waals surface area contributed by atoms with E-state index >= 15 is 0 Å². The maximum Gasteiger partial charge on any atom is 0.189 e. The lowest BCUT2D eigenvalue weighted by molar-refractivity contribution is 0.193. The van der Waals surface area contributed by atoms with Gasteiger partial charge in [0, 0.05) is 6.42 Å². The highest BCUT2D eigenvalue weighted by molar-refractivity contribution is 5.84. The predicted molar refractivity (Wildman–Crippen MR) is 78.7 cm³/mol. The fourth-order valence-electron chi connectivity index (χ4n) is 3.49. The Morgan fingerprint density at radius 1 is 1.19 bits per heavy atom. The van der Waals surface area contributed by atoms with Gasteiger partial charge in [-0.3, -0.25) is 4.40 Å². The number of aromatic amines is 1. The number of hydrogen-bond donors (Lipinski definition) is 2. The summed E-state index contributed by atoms with van der Waals surface area (Å²) < 4.78 is 1.96. The summed E-state index contributed by atoms with van der Waals surface area (Å²) in [6.07, 6.45) is 10.5. The van der Waals surface area contributed by atoms with Gasteiger partial charge in [0.05, 0.1) is 6.33 Å². The molecule has 21 heavy (non-hydrogen) atoms. The van der Waals surface area contributed by atoms with Gasteiger partial charge in [-0.25, -0.2) is 9.97 Å². The molecule has 1 aliphatic rings. The Labute approximate surface area is 122 Å². The topological polar surface area (TPSA) is 97.8 Å². The lowest BCUT2D eigenvalue weighted by Crippen LogP contribution is -2.35. The van der Waals surface area contributed by atoms with Crippen molar-refractivity contribution in [1.29, 1.82) is 0 Å². The molecule has 7 nitrogen and oxygen atoms in total. The molecule has 3 aromatic heterocycles. The van der Waals surface area contributed by atoms with Gasteiger partial charge in [0.2, 0.25) is 0 Å². The van der Waals surface area contributed by atoms with Crippen LogP contribution >= 0.6 is 0 Å². The third-order valence-electron chi connectivity index (χ3n) is 4.79. The van der Waals surface area contributed by atoms with Crippen LogP contribution in [-0.4, -0.2) is 36.1 Å². The zero-order valence-electron chi connectivity index (χ0n) is 11.9.